The number of amides is 1. The fourth-order valence-electron chi connectivity index (χ4n) is 3.11. The number of carbonyl (C=O) groups is 1. The zero-order valence-corrected chi connectivity index (χ0v) is 17.5. The molecule has 0 spiro atoms. The van der Waals surface area contributed by atoms with Crippen molar-refractivity contribution in [3.8, 4) is 11.6 Å². The molecule has 5 rings (SSSR count). The highest BCUT2D eigenvalue weighted by Gasteiger charge is 2.27. The van der Waals surface area contributed by atoms with Crippen molar-refractivity contribution < 1.29 is 22.4 Å². The van der Waals surface area contributed by atoms with Crippen LogP contribution in [-0.4, -0.2) is 52.3 Å². The van der Waals surface area contributed by atoms with Crippen molar-refractivity contribution in [2.24, 2.45) is 5.73 Å². The van der Waals surface area contributed by atoms with Gasteiger partial charge in [-0.1, -0.05) is 0 Å². The third-order valence-electron chi connectivity index (χ3n) is 4.74. The molecule has 14 heteroatoms. The van der Waals surface area contributed by atoms with Gasteiger partial charge in [0.15, 0.2) is 0 Å². The zero-order valence-electron chi connectivity index (χ0n) is 17.5. The number of aromatic nitrogens is 7. The summed E-state index contributed by atoms with van der Waals surface area (Å²) in [4.78, 5) is 24.9. The summed E-state index contributed by atoms with van der Waals surface area (Å²) in [5, 5.41) is 11.0. The fraction of sp³-hybridized carbons (Fsp3) is 0.200. The number of imidazole rings is 1. The van der Waals surface area contributed by atoms with E-state index in [0.717, 1.165) is 17.6 Å². The summed E-state index contributed by atoms with van der Waals surface area (Å²) in [5.41, 5.74) is 7.19. The SMILES string of the molecule is N/C=C\c1ncccc1F.O=C(c1nnc(-c2ccn(C(F)F)n2)o1)N1CCc2nc[nH]c2C1. The first-order chi connectivity index (χ1) is 16.5. The van der Waals surface area contributed by atoms with Crippen molar-refractivity contribution >= 4 is 12.0 Å². The van der Waals surface area contributed by atoms with E-state index < -0.39 is 12.5 Å². The van der Waals surface area contributed by atoms with Gasteiger partial charge in [0, 0.05) is 25.4 Å². The summed E-state index contributed by atoms with van der Waals surface area (Å²) >= 11 is 0. The Kier molecular flexibility index (Phi) is 6.66. The van der Waals surface area contributed by atoms with Crippen molar-refractivity contribution in [1.82, 2.24) is 39.8 Å². The number of alkyl halides is 2. The van der Waals surface area contributed by atoms with Gasteiger partial charge < -0.3 is 20.0 Å². The summed E-state index contributed by atoms with van der Waals surface area (Å²) in [5.74, 6) is -1.08. The molecule has 11 nitrogen and oxygen atoms in total. The van der Waals surface area contributed by atoms with E-state index in [1.807, 2.05) is 0 Å². The van der Waals surface area contributed by atoms with Gasteiger partial charge in [-0.3, -0.25) is 9.78 Å². The third kappa shape index (κ3) is 4.95. The summed E-state index contributed by atoms with van der Waals surface area (Å²) < 4.78 is 43.4. The highest BCUT2D eigenvalue weighted by atomic mass is 19.3. The van der Waals surface area contributed by atoms with E-state index in [4.69, 9.17) is 10.2 Å². The Morgan fingerprint density at radius 3 is 2.85 bits per heavy atom. The smallest absolute Gasteiger partial charge is 0.333 e. The first-order valence-corrected chi connectivity index (χ1v) is 9.92. The lowest BCUT2D eigenvalue weighted by Crippen LogP contribution is -2.36. The number of nitrogens with zero attached hydrogens (tertiary/aromatic N) is 7. The van der Waals surface area contributed by atoms with Crippen molar-refractivity contribution in [2.75, 3.05) is 6.54 Å². The average molecular weight is 473 g/mol. The monoisotopic (exact) mass is 473 g/mol. The third-order valence-corrected chi connectivity index (χ3v) is 4.74. The molecule has 4 aromatic rings. The Labute approximate surface area is 190 Å². The molecule has 1 aliphatic heterocycles. The molecule has 5 heterocycles. The van der Waals surface area contributed by atoms with Crippen LogP contribution in [-0.2, 0) is 13.0 Å². The summed E-state index contributed by atoms with van der Waals surface area (Å²) in [6, 6.07) is 4.18. The minimum Gasteiger partial charge on any atom is -0.411 e. The Morgan fingerprint density at radius 2 is 2.12 bits per heavy atom. The Hall–Kier alpha value is -4.49. The minimum atomic E-state index is -2.76. The number of hydrogen-bond donors (Lipinski definition) is 2. The van der Waals surface area contributed by atoms with E-state index in [1.165, 1.54) is 36.7 Å². The van der Waals surface area contributed by atoms with Gasteiger partial charge in [0.05, 0.1) is 24.3 Å². The number of halogens is 3. The number of nitrogens with one attached hydrogen (secondary N) is 1. The normalized spacial score (nSPS) is 13.1. The Morgan fingerprint density at radius 1 is 1.26 bits per heavy atom. The van der Waals surface area contributed by atoms with Crippen LogP contribution in [0.15, 0.2) is 47.5 Å². The number of H-pyrrole nitrogens is 1. The molecule has 34 heavy (non-hydrogen) atoms. The van der Waals surface area contributed by atoms with Crippen LogP contribution in [0.1, 0.15) is 34.3 Å². The Balaban J connectivity index is 0.000000231. The van der Waals surface area contributed by atoms with Crippen LogP contribution in [0.3, 0.4) is 0 Å². The molecule has 0 fully saturated rings. The Bertz CT molecular complexity index is 1300. The molecule has 0 unspecified atom stereocenters. The fourth-order valence-corrected chi connectivity index (χ4v) is 3.11. The van der Waals surface area contributed by atoms with E-state index in [1.54, 1.807) is 11.2 Å². The van der Waals surface area contributed by atoms with Crippen molar-refractivity contribution in [3.05, 3.63) is 71.9 Å². The van der Waals surface area contributed by atoms with Crippen molar-refractivity contribution in [2.45, 2.75) is 19.5 Å². The van der Waals surface area contributed by atoms with E-state index in [9.17, 15) is 18.0 Å². The van der Waals surface area contributed by atoms with Crippen LogP contribution >= 0.6 is 0 Å². The molecule has 4 aromatic heterocycles. The largest absolute Gasteiger partial charge is 0.411 e. The van der Waals surface area contributed by atoms with Crippen LogP contribution in [0.2, 0.25) is 0 Å². The number of fused-ring (bicyclic) bond motifs is 1. The molecule has 0 radical (unpaired) electrons. The average Bonchev–Trinajstić information content (AvgIpc) is 3.60. The molecule has 0 aliphatic carbocycles. The van der Waals surface area contributed by atoms with Gasteiger partial charge in [-0.15, -0.1) is 10.2 Å². The number of aromatic amines is 1. The van der Waals surface area contributed by atoms with E-state index >= 15 is 0 Å². The molecule has 0 bridgehead atoms. The molecule has 0 aromatic carbocycles. The van der Waals surface area contributed by atoms with Crippen LogP contribution in [0.5, 0.6) is 0 Å². The first-order valence-electron chi connectivity index (χ1n) is 9.92. The molecular weight excluding hydrogens is 455 g/mol. The first kappa shape index (κ1) is 22.7. The number of hydrogen-bond acceptors (Lipinski definition) is 8. The van der Waals surface area contributed by atoms with E-state index in [2.05, 4.69) is 30.2 Å². The van der Waals surface area contributed by atoms with Gasteiger partial charge in [-0.05, 0) is 30.5 Å². The second-order valence-electron chi connectivity index (χ2n) is 6.91. The highest BCUT2D eigenvalue weighted by Crippen LogP contribution is 2.21. The standard InChI is InChI=1S/C13H11F2N7O2.C7H7FN2/c14-13(15)22-4-2-8(20-22)10-18-19-11(24-10)12(23)21-3-1-7-9(5-21)17-6-16-7;8-6-2-1-5-10-7(6)3-4-9/h2,4,6,13H,1,3,5H2,(H,16,17);1-5H,9H2/b;4-3-. The van der Waals surface area contributed by atoms with Gasteiger partial charge in [0.25, 0.3) is 5.89 Å². The second kappa shape index (κ2) is 9.97. The van der Waals surface area contributed by atoms with Gasteiger partial charge in [-0.2, -0.15) is 13.9 Å². The summed E-state index contributed by atoms with van der Waals surface area (Å²) in [6.07, 6.45) is 7.49. The van der Waals surface area contributed by atoms with Gasteiger partial charge >= 0.3 is 18.3 Å². The predicted octanol–water partition coefficient (Wildman–Crippen LogP) is 2.40. The van der Waals surface area contributed by atoms with E-state index in [-0.39, 0.29) is 29.0 Å². The molecule has 176 valence electrons. The van der Waals surface area contributed by atoms with Crippen LogP contribution in [0.25, 0.3) is 17.7 Å². The predicted molar refractivity (Wildman–Crippen MR) is 111 cm³/mol. The molecule has 0 saturated carbocycles. The quantitative estimate of drug-likeness (QED) is 0.460. The molecule has 1 amide bonds. The van der Waals surface area contributed by atoms with E-state index in [0.29, 0.717) is 24.2 Å². The van der Waals surface area contributed by atoms with Crippen LogP contribution in [0.4, 0.5) is 13.2 Å². The topological polar surface area (TPSA) is 145 Å². The number of pyridine rings is 1. The lowest BCUT2D eigenvalue weighted by molar-refractivity contribution is 0.0567. The zero-order chi connectivity index (χ0) is 24.1. The van der Waals surface area contributed by atoms with Crippen LogP contribution < -0.4 is 5.73 Å². The van der Waals surface area contributed by atoms with Crippen molar-refractivity contribution in [1.29, 1.82) is 0 Å². The maximum atomic E-state index is 12.6. The van der Waals surface area contributed by atoms with Gasteiger partial charge in [0.2, 0.25) is 0 Å². The molecular formula is C20H18F3N9O2. The summed E-state index contributed by atoms with van der Waals surface area (Å²) in [6.45, 7) is -1.92. The number of nitrogens with two attached hydrogens (primary N) is 1. The highest BCUT2D eigenvalue weighted by molar-refractivity contribution is 5.89. The molecule has 1 aliphatic rings. The number of carbonyl (C=O) groups excluding carboxylic acids is 1. The van der Waals surface area contributed by atoms with Crippen LogP contribution in [0, 0.1) is 5.82 Å². The number of rotatable bonds is 4. The maximum Gasteiger partial charge on any atom is 0.333 e. The lowest BCUT2D eigenvalue weighted by Gasteiger charge is -2.24. The van der Waals surface area contributed by atoms with Gasteiger partial charge in [-0.25, -0.2) is 14.1 Å². The molecule has 0 saturated heterocycles. The van der Waals surface area contributed by atoms with Gasteiger partial charge in [0.1, 0.15) is 17.2 Å². The molecule has 3 N–H and O–H groups in total. The molecule has 0 atom stereocenters. The minimum absolute atomic E-state index is 0.0800. The summed E-state index contributed by atoms with van der Waals surface area (Å²) in [7, 11) is 0. The lowest BCUT2D eigenvalue weighted by atomic mass is 10.1. The maximum absolute atomic E-state index is 12.6. The van der Waals surface area contributed by atoms with Crippen molar-refractivity contribution in [3.63, 3.8) is 0 Å². The second-order valence-corrected chi connectivity index (χ2v) is 6.91.